The van der Waals surface area contributed by atoms with Gasteiger partial charge in [0.25, 0.3) is 0 Å². The Morgan fingerprint density at radius 3 is 2.40 bits per heavy atom. The third kappa shape index (κ3) is 4.48. The van der Waals surface area contributed by atoms with E-state index >= 15 is 0 Å². The molecule has 0 amide bonds. The zero-order chi connectivity index (χ0) is 15.5. The number of alkyl halides is 3. The molecule has 0 bridgehead atoms. The third-order valence-corrected chi connectivity index (χ3v) is 2.82. The number of hydrogen-bond donors (Lipinski definition) is 1. The second-order valence-corrected chi connectivity index (χ2v) is 4.69. The van der Waals surface area contributed by atoms with Crippen molar-refractivity contribution in [2.75, 3.05) is 6.54 Å². The van der Waals surface area contributed by atoms with Crippen molar-refractivity contribution in [3.05, 3.63) is 35.1 Å². The summed E-state index contributed by atoms with van der Waals surface area (Å²) in [6.45, 7) is 2.77. The lowest BCUT2D eigenvalue weighted by Crippen LogP contribution is -2.35. The molecule has 3 nitrogen and oxygen atoms in total. The molecule has 0 atom stereocenters. The van der Waals surface area contributed by atoms with Crippen LogP contribution in [0.25, 0.3) is 0 Å². The fourth-order valence-electron chi connectivity index (χ4n) is 1.76. The molecular formula is C13H15F4NO2. The first-order valence-corrected chi connectivity index (χ1v) is 5.92. The molecule has 7 heteroatoms. The molecule has 0 aliphatic carbocycles. The van der Waals surface area contributed by atoms with Crippen LogP contribution in [0.4, 0.5) is 17.6 Å². The van der Waals surface area contributed by atoms with Crippen LogP contribution in [0.1, 0.15) is 25.0 Å². The maximum absolute atomic E-state index is 13.0. The molecule has 0 aromatic heterocycles. The number of nitrogens with zero attached hydrogens (tertiary/aromatic N) is 1. The van der Waals surface area contributed by atoms with Gasteiger partial charge in [0.05, 0.1) is 12.1 Å². The Morgan fingerprint density at radius 1 is 1.35 bits per heavy atom. The lowest BCUT2D eigenvalue weighted by atomic mass is 10.1. The van der Waals surface area contributed by atoms with Crippen LogP contribution < -0.4 is 0 Å². The predicted octanol–water partition coefficient (Wildman–Crippen LogP) is 3.14. The largest absolute Gasteiger partial charge is 0.480 e. The minimum atomic E-state index is -4.68. The van der Waals surface area contributed by atoms with Crippen LogP contribution in [-0.2, 0) is 17.5 Å². The fourth-order valence-corrected chi connectivity index (χ4v) is 1.76. The Balaban J connectivity index is 3.09. The van der Waals surface area contributed by atoms with Crippen molar-refractivity contribution in [2.24, 2.45) is 0 Å². The van der Waals surface area contributed by atoms with Crippen molar-refractivity contribution >= 4 is 5.97 Å². The van der Waals surface area contributed by atoms with E-state index in [1.165, 1.54) is 4.90 Å². The molecule has 0 spiro atoms. The minimum absolute atomic E-state index is 0.145. The molecule has 0 saturated heterocycles. The van der Waals surface area contributed by atoms with Gasteiger partial charge in [-0.15, -0.1) is 0 Å². The van der Waals surface area contributed by atoms with Gasteiger partial charge in [-0.3, -0.25) is 9.69 Å². The Kier molecular flexibility index (Phi) is 5.10. The number of hydrogen-bond acceptors (Lipinski definition) is 2. The number of carbonyl (C=O) groups is 1. The molecule has 0 heterocycles. The van der Waals surface area contributed by atoms with E-state index in [1.807, 2.05) is 0 Å². The lowest BCUT2D eigenvalue weighted by molar-refractivity contribution is -0.139. The van der Waals surface area contributed by atoms with Crippen molar-refractivity contribution < 1.29 is 27.5 Å². The van der Waals surface area contributed by atoms with E-state index in [1.54, 1.807) is 13.8 Å². The summed E-state index contributed by atoms with van der Waals surface area (Å²) in [6, 6.07) is 2.14. The highest BCUT2D eigenvalue weighted by Crippen LogP contribution is 2.33. The summed E-state index contributed by atoms with van der Waals surface area (Å²) in [6.07, 6.45) is -4.68. The molecule has 0 aliphatic rings. The Morgan fingerprint density at radius 2 is 1.95 bits per heavy atom. The Bertz CT molecular complexity index is 486. The van der Waals surface area contributed by atoms with Gasteiger partial charge >= 0.3 is 12.1 Å². The van der Waals surface area contributed by atoms with Gasteiger partial charge in [0.1, 0.15) is 5.82 Å². The zero-order valence-corrected chi connectivity index (χ0v) is 11.0. The molecule has 1 aromatic carbocycles. The fraction of sp³-hybridized carbons (Fsp3) is 0.462. The summed E-state index contributed by atoms with van der Waals surface area (Å²) in [4.78, 5) is 12.1. The highest BCUT2D eigenvalue weighted by atomic mass is 19.4. The van der Waals surface area contributed by atoms with Crippen LogP contribution >= 0.6 is 0 Å². The molecule has 1 aromatic rings. The van der Waals surface area contributed by atoms with E-state index < -0.39 is 23.5 Å². The van der Waals surface area contributed by atoms with Crippen LogP contribution in [0, 0.1) is 5.82 Å². The van der Waals surface area contributed by atoms with Crippen molar-refractivity contribution in [3.8, 4) is 0 Å². The number of benzene rings is 1. The zero-order valence-electron chi connectivity index (χ0n) is 11.0. The molecule has 0 aliphatic heterocycles. The van der Waals surface area contributed by atoms with Crippen molar-refractivity contribution in [3.63, 3.8) is 0 Å². The topological polar surface area (TPSA) is 40.5 Å². The maximum atomic E-state index is 13.0. The van der Waals surface area contributed by atoms with Gasteiger partial charge in [-0.05, 0) is 31.5 Å². The molecule has 0 fully saturated rings. The molecule has 0 unspecified atom stereocenters. The highest BCUT2D eigenvalue weighted by molar-refractivity contribution is 5.69. The van der Waals surface area contributed by atoms with E-state index in [0.29, 0.717) is 6.07 Å². The van der Waals surface area contributed by atoms with Crippen molar-refractivity contribution in [1.82, 2.24) is 4.90 Å². The van der Waals surface area contributed by atoms with Gasteiger partial charge in [-0.25, -0.2) is 4.39 Å². The van der Waals surface area contributed by atoms with Crippen LogP contribution in [-0.4, -0.2) is 28.6 Å². The summed E-state index contributed by atoms with van der Waals surface area (Å²) < 4.78 is 51.5. The number of aliphatic carboxylic acids is 1. The van der Waals surface area contributed by atoms with Gasteiger partial charge < -0.3 is 5.11 Å². The monoisotopic (exact) mass is 293 g/mol. The first kappa shape index (κ1) is 16.4. The van der Waals surface area contributed by atoms with Crippen LogP contribution in [0.5, 0.6) is 0 Å². The van der Waals surface area contributed by atoms with E-state index in [2.05, 4.69) is 0 Å². The van der Waals surface area contributed by atoms with E-state index in [4.69, 9.17) is 5.11 Å². The van der Waals surface area contributed by atoms with Gasteiger partial charge in [0, 0.05) is 12.6 Å². The number of carboxylic acids is 1. The summed E-state index contributed by atoms with van der Waals surface area (Å²) in [5, 5.41) is 8.76. The van der Waals surface area contributed by atoms with E-state index in [9.17, 15) is 22.4 Å². The minimum Gasteiger partial charge on any atom is -0.480 e. The molecule has 20 heavy (non-hydrogen) atoms. The number of rotatable bonds is 5. The number of halogens is 4. The first-order chi connectivity index (χ1) is 9.11. The first-order valence-electron chi connectivity index (χ1n) is 5.92. The quantitative estimate of drug-likeness (QED) is 0.848. The second-order valence-electron chi connectivity index (χ2n) is 4.69. The third-order valence-electron chi connectivity index (χ3n) is 2.82. The van der Waals surface area contributed by atoms with Crippen LogP contribution in [0.3, 0.4) is 0 Å². The lowest BCUT2D eigenvalue weighted by Gasteiger charge is -2.26. The average Bonchev–Trinajstić information content (AvgIpc) is 2.28. The highest BCUT2D eigenvalue weighted by Gasteiger charge is 2.34. The Labute approximate surface area is 113 Å². The Hall–Kier alpha value is -1.63. The van der Waals surface area contributed by atoms with Crippen molar-refractivity contribution in [2.45, 2.75) is 32.6 Å². The molecule has 0 saturated carbocycles. The van der Waals surface area contributed by atoms with Gasteiger partial charge in [0.2, 0.25) is 0 Å². The van der Waals surface area contributed by atoms with Gasteiger partial charge in [-0.2, -0.15) is 13.2 Å². The molecule has 112 valence electrons. The maximum Gasteiger partial charge on any atom is 0.416 e. The number of carboxylic acid groups (broad SMARTS) is 1. The van der Waals surface area contributed by atoms with Gasteiger partial charge in [0.15, 0.2) is 0 Å². The predicted molar refractivity (Wildman–Crippen MR) is 64.6 cm³/mol. The smallest absolute Gasteiger partial charge is 0.416 e. The molecular weight excluding hydrogens is 278 g/mol. The summed E-state index contributed by atoms with van der Waals surface area (Å²) >= 11 is 0. The van der Waals surface area contributed by atoms with Crippen molar-refractivity contribution in [1.29, 1.82) is 0 Å². The molecule has 0 radical (unpaired) electrons. The van der Waals surface area contributed by atoms with Crippen LogP contribution in [0.15, 0.2) is 18.2 Å². The summed E-state index contributed by atoms with van der Waals surface area (Å²) in [5.41, 5.74) is -1.22. The van der Waals surface area contributed by atoms with E-state index in [0.717, 1.165) is 12.1 Å². The SMILES string of the molecule is CC(C)N(CC(=O)O)Cc1ccc(F)cc1C(F)(F)F. The van der Waals surface area contributed by atoms with E-state index in [-0.39, 0.29) is 24.7 Å². The standard InChI is InChI=1S/C13H15F4NO2/c1-8(2)18(7-12(19)20)6-9-3-4-10(14)5-11(9)13(15,16)17/h3-5,8H,6-7H2,1-2H3,(H,19,20). The van der Waals surface area contributed by atoms with Crippen LogP contribution in [0.2, 0.25) is 0 Å². The summed E-state index contributed by atoms with van der Waals surface area (Å²) in [7, 11) is 0. The normalized spacial score (nSPS) is 12.2. The van der Waals surface area contributed by atoms with Gasteiger partial charge in [-0.1, -0.05) is 6.07 Å². The average molecular weight is 293 g/mol. The second kappa shape index (κ2) is 6.21. The molecule has 1 rings (SSSR count). The summed E-state index contributed by atoms with van der Waals surface area (Å²) in [5.74, 6) is -2.11. The molecule has 1 N–H and O–H groups in total.